The van der Waals surface area contributed by atoms with E-state index in [-0.39, 0.29) is 0 Å². The molecular formula is C15H14N2OS2. The van der Waals surface area contributed by atoms with E-state index in [1.165, 1.54) is 15.6 Å². The van der Waals surface area contributed by atoms with E-state index in [9.17, 15) is 5.11 Å². The predicted molar refractivity (Wildman–Crippen MR) is 87.0 cm³/mol. The third-order valence-electron chi connectivity index (χ3n) is 3.62. The Morgan fingerprint density at radius 3 is 3.10 bits per heavy atom. The Morgan fingerprint density at radius 1 is 1.35 bits per heavy atom. The van der Waals surface area contributed by atoms with Gasteiger partial charge in [0.05, 0.1) is 18.3 Å². The predicted octanol–water partition coefficient (Wildman–Crippen LogP) is 3.37. The molecule has 4 rings (SSSR count). The number of hydrogen-bond acceptors (Lipinski definition) is 5. The van der Waals surface area contributed by atoms with Crippen LogP contribution < -0.4 is 0 Å². The zero-order valence-electron chi connectivity index (χ0n) is 11.0. The van der Waals surface area contributed by atoms with E-state index in [0.717, 1.165) is 28.9 Å². The van der Waals surface area contributed by atoms with Crippen LogP contribution in [0.5, 0.6) is 0 Å². The van der Waals surface area contributed by atoms with Gasteiger partial charge in [0.25, 0.3) is 0 Å². The highest BCUT2D eigenvalue weighted by molar-refractivity contribution is 8.17. The largest absolute Gasteiger partial charge is 0.388 e. The van der Waals surface area contributed by atoms with Crippen LogP contribution in [-0.2, 0) is 0 Å². The highest BCUT2D eigenvalue weighted by Gasteiger charge is 2.34. The molecule has 0 fully saturated rings. The first kappa shape index (κ1) is 12.4. The molecule has 0 saturated carbocycles. The summed E-state index contributed by atoms with van der Waals surface area (Å²) in [5.41, 5.74) is 2.31. The Bertz CT molecular complexity index is 745. The standard InChI is InChI=1S/C15H14N2OS2/c1-9(18)14-13(17-6-5-16-15(17)20-14)11-3-2-10-4-7-19-12(10)8-11/h2-4,7-9,18H,5-6H2,1H3. The Morgan fingerprint density at radius 2 is 2.25 bits per heavy atom. The summed E-state index contributed by atoms with van der Waals surface area (Å²) < 4.78 is 1.29. The molecule has 20 heavy (non-hydrogen) atoms. The second kappa shape index (κ2) is 4.62. The molecule has 5 heteroatoms. The number of rotatable bonds is 2. The smallest absolute Gasteiger partial charge is 0.168 e. The molecule has 1 unspecified atom stereocenters. The second-order valence-electron chi connectivity index (χ2n) is 4.98. The van der Waals surface area contributed by atoms with Crippen LogP contribution in [0.4, 0.5) is 0 Å². The van der Waals surface area contributed by atoms with E-state index >= 15 is 0 Å². The van der Waals surface area contributed by atoms with Gasteiger partial charge < -0.3 is 10.0 Å². The molecule has 3 nitrogen and oxygen atoms in total. The molecule has 2 aliphatic heterocycles. The summed E-state index contributed by atoms with van der Waals surface area (Å²) in [6.07, 6.45) is -0.456. The van der Waals surface area contributed by atoms with Crippen LogP contribution in [0.3, 0.4) is 0 Å². The average molecular weight is 302 g/mol. The van der Waals surface area contributed by atoms with Crippen LogP contribution in [0.2, 0.25) is 0 Å². The molecule has 3 heterocycles. The quantitative estimate of drug-likeness (QED) is 0.924. The lowest BCUT2D eigenvalue weighted by atomic mass is 10.1. The monoisotopic (exact) mass is 302 g/mol. The van der Waals surface area contributed by atoms with Crippen LogP contribution in [0.25, 0.3) is 15.8 Å². The number of fused-ring (bicyclic) bond motifs is 2. The molecule has 0 saturated heterocycles. The molecule has 1 N–H and O–H groups in total. The van der Waals surface area contributed by atoms with Gasteiger partial charge in [-0.05, 0) is 29.8 Å². The molecule has 0 radical (unpaired) electrons. The number of hydrogen-bond donors (Lipinski definition) is 1. The maximum atomic E-state index is 10.1. The Hall–Kier alpha value is -1.30. The van der Waals surface area contributed by atoms with Crippen molar-refractivity contribution in [2.24, 2.45) is 4.99 Å². The lowest BCUT2D eigenvalue weighted by Crippen LogP contribution is -2.20. The van der Waals surface area contributed by atoms with E-state index in [1.807, 2.05) is 6.92 Å². The zero-order valence-corrected chi connectivity index (χ0v) is 12.7. The molecule has 2 aliphatic rings. The average Bonchev–Trinajstić information content (AvgIpc) is 3.12. The number of nitrogens with zero attached hydrogens (tertiary/aromatic N) is 2. The summed E-state index contributed by atoms with van der Waals surface area (Å²) >= 11 is 3.36. The van der Waals surface area contributed by atoms with Crippen LogP contribution in [0.15, 0.2) is 39.5 Å². The van der Waals surface area contributed by atoms with Crippen LogP contribution in [0, 0.1) is 0 Å². The Balaban J connectivity index is 1.88. The highest BCUT2D eigenvalue weighted by Crippen LogP contribution is 2.43. The van der Waals surface area contributed by atoms with Crippen molar-refractivity contribution >= 4 is 44.0 Å². The summed E-state index contributed by atoms with van der Waals surface area (Å²) in [6.45, 7) is 3.59. The summed E-state index contributed by atoms with van der Waals surface area (Å²) in [4.78, 5) is 7.76. The van der Waals surface area contributed by atoms with Crippen LogP contribution in [-0.4, -0.2) is 34.4 Å². The zero-order chi connectivity index (χ0) is 13.7. The topological polar surface area (TPSA) is 35.8 Å². The molecule has 2 aromatic rings. The summed E-state index contributed by atoms with van der Waals surface area (Å²) in [5.74, 6) is 0. The first-order valence-corrected chi connectivity index (χ1v) is 8.33. The fourth-order valence-corrected chi connectivity index (χ4v) is 4.65. The van der Waals surface area contributed by atoms with E-state index in [1.54, 1.807) is 23.1 Å². The van der Waals surface area contributed by atoms with Crippen molar-refractivity contribution < 1.29 is 5.11 Å². The maximum Gasteiger partial charge on any atom is 0.168 e. The van der Waals surface area contributed by atoms with Gasteiger partial charge in [-0.2, -0.15) is 0 Å². The second-order valence-corrected chi connectivity index (χ2v) is 6.94. The maximum absolute atomic E-state index is 10.1. The number of thioether (sulfide) groups is 1. The molecule has 0 spiro atoms. The molecule has 1 aromatic carbocycles. The van der Waals surface area contributed by atoms with E-state index in [2.05, 4.69) is 39.5 Å². The summed E-state index contributed by atoms with van der Waals surface area (Å²) in [7, 11) is 0. The summed E-state index contributed by atoms with van der Waals surface area (Å²) in [6, 6.07) is 8.66. The first-order valence-electron chi connectivity index (χ1n) is 6.64. The molecule has 1 atom stereocenters. The minimum Gasteiger partial charge on any atom is -0.388 e. The van der Waals surface area contributed by atoms with Gasteiger partial charge in [0.2, 0.25) is 0 Å². The van der Waals surface area contributed by atoms with Gasteiger partial charge >= 0.3 is 0 Å². The highest BCUT2D eigenvalue weighted by atomic mass is 32.2. The van der Waals surface area contributed by atoms with Gasteiger partial charge in [-0.1, -0.05) is 23.9 Å². The Kier molecular flexibility index (Phi) is 2.87. The number of amidine groups is 1. The van der Waals surface area contributed by atoms with Gasteiger partial charge in [0, 0.05) is 21.7 Å². The molecular weight excluding hydrogens is 288 g/mol. The van der Waals surface area contributed by atoms with E-state index in [0.29, 0.717) is 0 Å². The Labute approximate surface area is 125 Å². The molecule has 102 valence electrons. The number of benzene rings is 1. The summed E-state index contributed by atoms with van der Waals surface area (Å²) in [5, 5.41) is 14.5. The van der Waals surface area contributed by atoms with Gasteiger partial charge in [0.1, 0.15) is 0 Å². The van der Waals surface area contributed by atoms with Gasteiger partial charge in [-0.15, -0.1) is 11.3 Å². The molecule has 0 aliphatic carbocycles. The van der Waals surface area contributed by atoms with E-state index < -0.39 is 6.10 Å². The van der Waals surface area contributed by atoms with E-state index in [4.69, 9.17) is 0 Å². The van der Waals surface area contributed by atoms with Crippen LogP contribution in [0.1, 0.15) is 12.5 Å². The number of thiophene rings is 1. The molecule has 1 aromatic heterocycles. The SMILES string of the molecule is CC(O)C1=C(c2ccc3ccsc3c2)N2CCN=C2S1. The van der Waals surface area contributed by atoms with Crippen LogP contribution >= 0.6 is 23.1 Å². The van der Waals surface area contributed by atoms with Crippen molar-refractivity contribution in [3.05, 3.63) is 40.1 Å². The molecule has 0 bridgehead atoms. The van der Waals surface area contributed by atoms with Crippen molar-refractivity contribution in [2.45, 2.75) is 13.0 Å². The van der Waals surface area contributed by atoms with Crippen molar-refractivity contribution in [3.8, 4) is 0 Å². The van der Waals surface area contributed by atoms with Gasteiger partial charge in [-0.25, -0.2) is 0 Å². The minimum absolute atomic E-state index is 0.456. The fraction of sp³-hybridized carbons (Fsp3) is 0.267. The van der Waals surface area contributed by atoms with Crippen molar-refractivity contribution in [2.75, 3.05) is 13.1 Å². The minimum atomic E-state index is -0.456. The van der Waals surface area contributed by atoms with Crippen molar-refractivity contribution in [1.82, 2.24) is 4.90 Å². The number of aliphatic hydroxyl groups excluding tert-OH is 1. The third kappa shape index (κ3) is 1.81. The lowest BCUT2D eigenvalue weighted by molar-refractivity contribution is 0.240. The lowest BCUT2D eigenvalue weighted by Gasteiger charge is -2.18. The normalized spacial score (nSPS) is 19.7. The molecule has 0 amide bonds. The van der Waals surface area contributed by atoms with Gasteiger partial charge in [-0.3, -0.25) is 4.99 Å². The van der Waals surface area contributed by atoms with Crippen molar-refractivity contribution in [3.63, 3.8) is 0 Å². The third-order valence-corrected chi connectivity index (χ3v) is 5.78. The number of aliphatic imine (C=N–C) groups is 1. The number of aliphatic hydroxyl groups is 1. The van der Waals surface area contributed by atoms with Crippen molar-refractivity contribution in [1.29, 1.82) is 0 Å². The fourth-order valence-electron chi connectivity index (χ4n) is 2.68. The first-order chi connectivity index (χ1) is 9.74. The van der Waals surface area contributed by atoms with Gasteiger partial charge in [0.15, 0.2) is 5.17 Å².